The topological polar surface area (TPSA) is 47.8 Å². The van der Waals surface area contributed by atoms with E-state index in [0.29, 0.717) is 6.42 Å². The molecule has 21 heavy (non-hydrogen) atoms. The second-order valence-electron chi connectivity index (χ2n) is 4.61. The number of rotatable bonds is 5. The highest BCUT2D eigenvalue weighted by atomic mass is 32.2. The molecule has 1 aromatic heterocycles. The number of fused-ring (bicyclic) bond motifs is 1. The van der Waals surface area contributed by atoms with E-state index in [2.05, 4.69) is 16.9 Å². The van der Waals surface area contributed by atoms with Crippen LogP contribution in [0.15, 0.2) is 72.1 Å². The number of aromatic nitrogens is 3. The minimum Gasteiger partial charge on any atom is -0.252 e. The Bertz CT molecular complexity index is 782. The van der Waals surface area contributed by atoms with E-state index in [1.807, 2.05) is 54.6 Å². The molecule has 2 unspecified atom stereocenters. The fourth-order valence-corrected chi connectivity index (χ4v) is 3.62. The zero-order valence-electron chi connectivity index (χ0n) is 11.4. The van der Waals surface area contributed by atoms with Gasteiger partial charge in [-0.15, -0.1) is 11.7 Å². The first-order valence-corrected chi connectivity index (χ1v) is 7.89. The van der Waals surface area contributed by atoms with Crippen LogP contribution in [0.2, 0.25) is 0 Å². The standard InChI is InChI=1S/C16H15N3OS/c1-2-8-16(21(20)13-9-4-3-5-10-13)19-15-12-7-6-11-14(15)17-18-19/h2-7,9-12,16H,1,8H2. The molecule has 0 saturated heterocycles. The summed E-state index contributed by atoms with van der Waals surface area (Å²) in [6.45, 7) is 3.77. The molecule has 0 bridgehead atoms. The lowest BCUT2D eigenvalue weighted by Crippen LogP contribution is -2.16. The summed E-state index contributed by atoms with van der Waals surface area (Å²) in [5, 5.41) is 8.02. The lowest BCUT2D eigenvalue weighted by Gasteiger charge is -2.15. The van der Waals surface area contributed by atoms with Crippen LogP contribution in [-0.2, 0) is 10.8 Å². The quantitative estimate of drug-likeness (QED) is 0.679. The second kappa shape index (κ2) is 6.01. The van der Waals surface area contributed by atoms with Gasteiger partial charge in [0.25, 0.3) is 0 Å². The van der Waals surface area contributed by atoms with E-state index in [1.54, 1.807) is 10.8 Å². The predicted octanol–water partition coefficient (Wildman–Crippen LogP) is 3.31. The molecule has 3 rings (SSSR count). The van der Waals surface area contributed by atoms with E-state index < -0.39 is 10.8 Å². The molecule has 0 aliphatic heterocycles. The normalized spacial score (nSPS) is 13.9. The first-order chi connectivity index (χ1) is 10.3. The molecule has 0 saturated carbocycles. The van der Waals surface area contributed by atoms with Crippen LogP contribution in [0, 0.1) is 0 Å². The number of benzene rings is 2. The minimum absolute atomic E-state index is 0.308. The summed E-state index contributed by atoms with van der Waals surface area (Å²) >= 11 is 0. The van der Waals surface area contributed by atoms with Gasteiger partial charge in [0, 0.05) is 4.90 Å². The molecule has 0 radical (unpaired) electrons. The van der Waals surface area contributed by atoms with Gasteiger partial charge in [-0.2, -0.15) is 0 Å². The van der Waals surface area contributed by atoms with E-state index in [1.165, 1.54) is 0 Å². The number of para-hydroxylation sites is 1. The van der Waals surface area contributed by atoms with Crippen molar-refractivity contribution in [1.29, 1.82) is 0 Å². The van der Waals surface area contributed by atoms with Gasteiger partial charge < -0.3 is 0 Å². The van der Waals surface area contributed by atoms with E-state index >= 15 is 0 Å². The molecule has 0 aliphatic rings. The van der Waals surface area contributed by atoms with Crippen molar-refractivity contribution in [3.8, 4) is 0 Å². The highest BCUT2D eigenvalue weighted by Crippen LogP contribution is 2.25. The number of nitrogens with zero attached hydrogens (tertiary/aromatic N) is 3. The van der Waals surface area contributed by atoms with Gasteiger partial charge in [-0.1, -0.05) is 41.6 Å². The van der Waals surface area contributed by atoms with E-state index in [9.17, 15) is 4.21 Å². The molecule has 3 aromatic rings. The molecule has 0 N–H and O–H groups in total. The molecule has 5 heteroatoms. The molecule has 4 nitrogen and oxygen atoms in total. The van der Waals surface area contributed by atoms with Gasteiger partial charge >= 0.3 is 0 Å². The third kappa shape index (κ3) is 2.64. The zero-order valence-corrected chi connectivity index (χ0v) is 12.2. The van der Waals surface area contributed by atoms with Crippen LogP contribution < -0.4 is 0 Å². The molecule has 2 aromatic carbocycles. The van der Waals surface area contributed by atoms with Crippen molar-refractivity contribution in [1.82, 2.24) is 15.0 Å². The number of allylic oxidation sites excluding steroid dienone is 1. The van der Waals surface area contributed by atoms with Gasteiger partial charge in [0.1, 0.15) is 10.9 Å². The summed E-state index contributed by atoms with van der Waals surface area (Å²) in [5.74, 6) is 0. The summed E-state index contributed by atoms with van der Waals surface area (Å²) in [4.78, 5) is 0.781. The maximum atomic E-state index is 12.9. The Hall–Kier alpha value is -2.27. The van der Waals surface area contributed by atoms with Crippen molar-refractivity contribution in [3.63, 3.8) is 0 Å². The van der Waals surface area contributed by atoms with Crippen molar-refractivity contribution in [2.45, 2.75) is 16.7 Å². The van der Waals surface area contributed by atoms with E-state index in [4.69, 9.17) is 0 Å². The lowest BCUT2D eigenvalue weighted by molar-refractivity contribution is 0.569. The summed E-state index contributed by atoms with van der Waals surface area (Å²) in [7, 11) is -1.22. The van der Waals surface area contributed by atoms with Gasteiger partial charge in [-0.3, -0.25) is 4.21 Å². The van der Waals surface area contributed by atoms with Crippen molar-refractivity contribution in [3.05, 3.63) is 67.3 Å². The molecule has 0 amide bonds. The maximum Gasteiger partial charge on any atom is 0.137 e. The molecular formula is C16H15N3OS. The van der Waals surface area contributed by atoms with Crippen molar-refractivity contribution in [2.24, 2.45) is 0 Å². The fraction of sp³-hybridized carbons (Fsp3) is 0.125. The smallest absolute Gasteiger partial charge is 0.137 e. The Morgan fingerprint density at radius 1 is 1.14 bits per heavy atom. The van der Waals surface area contributed by atoms with Gasteiger partial charge in [0.05, 0.1) is 16.3 Å². The van der Waals surface area contributed by atoms with Crippen LogP contribution >= 0.6 is 0 Å². The highest BCUT2D eigenvalue weighted by molar-refractivity contribution is 7.85. The van der Waals surface area contributed by atoms with Crippen molar-refractivity contribution < 1.29 is 4.21 Å². The Labute approximate surface area is 125 Å². The molecule has 2 atom stereocenters. The molecule has 0 fully saturated rings. The van der Waals surface area contributed by atoms with Crippen molar-refractivity contribution >= 4 is 21.8 Å². The largest absolute Gasteiger partial charge is 0.252 e. The van der Waals surface area contributed by atoms with Crippen LogP contribution in [0.25, 0.3) is 11.0 Å². The second-order valence-corrected chi connectivity index (χ2v) is 6.22. The van der Waals surface area contributed by atoms with Gasteiger partial charge in [-0.25, -0.2) is 4.68 Å². The SMILES string of the molecule is C=CCC(n1nnc2ccccc21)S(=O)c1ccccc1. The van der Waals surface area contributed by atoms with Crippen LogP contribution in [-0.4, -0.2) is 19.2 Å². The fourth-order valence-electron chi connectivity index (χ4n) is 2.23. The average Bonchev–Trinajstić information content (AvgIpc) is 2.97. The summed E-state index contributed by atoms with van der Waals surface area (Å²) < 4.78 is 14.6. The van der Waals surface area contributed by atoms with Crippen LogP contribution in [0.3, 0.4) is 0 Å². The monoisotopic (exact) mass is 297 g/mol. The zero-order chi connectivity index (χ0) is 14.7. The Balaban J connectivity index is 2.06. The van der Waals surface area contributed by atoms with Gasteiger partial charge in [0.2, 0.25) is 0 Å². The van der Waals surface area contributed by atoms with E-state index in [-0.39, 0.29) is 5.37 Å². The third-order valence-corrected chi connectivity index (χ3v) is 4.86. The molecular weight excluding hydrogens is 282 g/mol. The first kappa shape index (κ1) is 13.7. The van der Waals surface area contributed by atoms with Gasteiger partial charge in [0.15, 0.2) is 0 Å². The summed E-state index contributed by atoms with van der Waals surface area (Å²) in [6.07, 6.45) is 2.33. The lowest BCUT2D eigenvalue weighted by atomic mass is 10.3. The van der Waals surface area contributed by atoms with Crippen LogP contribution in [0.5, 0.6) is 0 Å². The highest BCUT2D eigenvalue weighted by Gasteiger charge is 2.22. The first-order valence-electron chi connectivity index (χ1n) is 6.67. The summed E-state index contributed by atoms with van der Waals surface area (Å²) in [6, 6.07) is 17.1. The Morgan fingerprint density at radius 2 is 1.86 bits per heavy atom. The predicted molar refractivity (Wildman–Crippen MR) is 84.2 cm³/mol. The minimum atomic E-state index is -1.22. The van der Waals surface area contributed by atoms with Gasteiger partial charge in [-0.05, 0) is 30.7 Å². The van der Waals surface area contributed by atoms with Crippen molar-refractivity contribution in [2.75, 3.05) is 0 Å². The molecule has 106 valence electrons. The van der Waals surface area contributed by atoms with E-state index in [0.717, 1.165) is 15.9 Å². The third-order valence-electron chi connectivity index (χ3n) is 3.24. The number of hydrogen-bond acceptors (Lipinski definition) is 3. The number of hydrogen-bond donors (Lipinski definition) is 0. The molecule has 0 aliphatic carbocycles. The van der Waals surface area contributed by atoms with Crippen LogP contribution in [0.4, 0.5) is 0 Å². The Morgan fingerprint density at radius 3 is 2.62 bits per heavy atom. The Kier molecular flexibility index (Phi) is 3.92. The maximum absolute atomic E-state index is 12.9. The van der Waals surface area contributed by atoms with Crippen LogP contribution in [0.1, 0.15) is 11.8 Å². The molecule has 1 heterocycles. The summed E-state index contributed by atoms with van der Waals surface area (Å²) in [5.41, 5.74) is 1.69. The molecule has 0 spiro atoms. The average molecular weight is 297 g/mol.